The van der Waals surface area contributed by atoms with Crippen molar-refractivity contribution in [3.05, 3.63) is 100 Å². The van der Waals surface area contributed by atoms with E-state index < -0.39 is 4.92 Å². The first-order valence-corrected chi connectivity index (χ1v) is 9.76. The first-order chi connectivity index (χ1) is 13.6. The molecule has 140 valence electrons. The van der Waals surface area contributed by atoms with Crippen molar-refractivity contribution in [3.63, 3.8) is 0 Å². The van der Waals surface area contributed by atoms with Crippen LogP contribution in [-0.4, -0.2) is 17.1 Å². The zero-order valence-corrected chi connectivity index (χ0v) is 16.0. The highest BCUT2D eigenvalue weighted by atomic mass is 32.2. The quantitative estimate of drug-likeness (QED) is 0.198. The Balaban J connectivity index is 1.98. The molecule has 0 fully saturated rings. The van der Waals surface area contributed by atoms with Gasteiger partial charge >= 0.3 is 0 Å². The first-order valence-electron chi connectivity index (χ1n) is 8.54. The fraction of sp³-hybridized carbons (Fsp3) is 0.0455. The van der Waals surface area contributed by atoms with Gasteiger partial charge in [-0.05, 0) is 41.7 Å². The summed E-state index contributed by atoms with van der Waals surface area (Å²) in [5.74, 6) is -0.282. The molecule has 28 heavy (non-hydrogen) atoms. The van der Waals surface area contributed by atoms with Gasteiger partial charge in [-0.1, -0.05) is 48.5 Å². The topological polar surface area (TPSA) is 72.2 Å². The molecule has 0 radical (unpaired) electrons. The van der Waals surface area contributed by atoms with Crippen molar-refractivity contribution in [1.82, 2.24) is 0 Å². The van der Waals surface area contributed by atoms with Crippen LogP contribution in [0.2, 0.25) is 0 Å². The van der Waals surface area contributed by atoms with Gasteiger partial charge in [0.2, 0.25) is 0 Å². The largest absolute Gasteiger partial charge is 0.322 e. The molecule has 0 aliphatic heterocycles. The number of hydrogen-bond acceptors (Lipinski definition) is 4. The molecule has 5 nitrogen and oxygen atoms in total. The van der Waals surface area contributed by atoms with Crippen LogP contribution < -0.4 is 5.32 Å². The van der Waals surface area contributed by atoms with E-state index in [1.54, 1.807) is 30.0 Å². The van der Waals surface area contributed by atoms with Crippen molar-refractivity contribution >= 4 is 40.7 Å². The molecule has 0 bridgehead atoms. The Morgan fingerprint density at radius 1 is 1.00 bits per heavy atom. The minimum absolute atomic E-state index is 0.0192. The summed E-state index contributed by atoms with van der Waals surface area (Å²) < 4.78 is 0. The van der Waals surface area contributed by atoms with Crippen LogP contribution in [0, 0.1) is 10.1 Å². The van der Waals surface area contributed by atoms with Gasteiger partial charge in [-0.2, -0.15) is 0 Å². The number of nitrogens with one attached hydrogen (secondary N) is 1. The van der Waals surface area contributed by atoms with Crippen molar-refractivity contribution < 1.29 is 9.72 Å². The Morgan fingerprint density at radius 3 is 2.46 bits per heavy atom. The lowest BCUT2D eigenvalue weighted by Gasteiger charge is -2.11. The fourth-order valence-corrected chi connectivity index (χ4v) is 3.15. The monoisotopic (exact) mass is 390 g/mol. The summed E-state index contributed by atoms with van der Waals surface area (Å²) in [4.78, 5) is 24.7. The van der Waals surface area contributed by atoms with Gasteiger partial charge < -0.3 is 5.32 Å². The van der Waals surface area contributed by atoms with Crippen molar-refractivity contribution in [2.24, 2.45) is 0 Å². The van der Waals surface area contributed by atoms with Crippen LogP contribution in [0.5, 0.6) is 0 Å². The van der Waals surface area contributed by atoms with Gasteiger partial charge in [0.1, 0.15) is 0 Å². The van der Waals surface area contributed by atoms with Gasteiger partial charge in [-0.25, -0.2) is 0 Å². The third-order valence-corrected chi connectivity index (χ3v) is 4.77. The number of thioether (sulfide) groups is 1. The fourth-order valence-electron chi connectivity index (χ4n) is 2.69. The molecule has 1 amide bonds. The smallest absolute Gasteiger partial charge is 0.270 e. The van der Waals surface area contributed by atoms with Crippen LogP contribution in [0.1, 0.15) is 11.1 Å². The Hall–Kier alpha value is -3.38. The molecule has 0 aromatic heterocycles. The van der Waals surface area contributed by atoms with Crippen LogP contribution in [0.3, 0.4) is 0 Å². The maximum atomic E-state index is 13.0. The summed E-state index contributed by atoms with van der Waals surface area (Å²) in [5.41, 5.74) is 2.41. The lowest BCUT2D eigenvalue weighted by atomic mass is 10.0. The molecular weight excluding hydrogens is 372 g/mol. The van der Waals surface area contributed by atoms with Gasteiger partial charge in [-0.3, -0.25) is 14.9 Å². The molecule has 3 aromatic carbocycles. The zero-order valence-electron chi connectivity index (χ0n) is 15.2. The van der Waals surface area contributed by atoms with E-state index in [2.05, 4.69) is 5.32 Å². The highest BCUT2D eigenvalue weighted by Gasteiger charge is 2.14. The maximum Gasteiger partial charge on any atom is 0.270 e. The molecule has 0 heterocycles. The summed E-state index contributed by atoms with van der Waals surface area (Å²) in [6.07, 6.45) is 3.63. The molecule has 0 unspecified atom stereocenters. The van der Waals surface area contributed by atoms with Gasteiger partial charge in [-0.15, -0.1) is 11.8 Å². The molecular formula is C22H18N2O3S. The number of nitro groups is 1. The van der Waals surface area contributed by atoms with Crippen molar-refractivity contribution in [2.45, 2.75) is 4.90 Å². The molecule has 0 spiro atoms. The Labute approximate surface area is 167 Å². The van der Waals surface area contributed by atoms with Crippen LogP contribution in [0.25, 0.3) is 11.6 Å². The van der Waals surface area contributed by atoms with E-state index in [9.17, 15) is 14.9 Å². The molecule has 1 N–H and O–H groups in total. The molecule has 0 aliphatic carbocycles. The van der Waals surface area contributed by atoms with Gasteiger partial charge in [0.05, 0.1) is 4.92 Å². The molecule has 0 saturated heterocycles. The number of non-ortho nitro benzene ring substituents is 1. The van der Waals surface area contributed by atoms with Gasteiger partial charge in [0.15, 0.2) is 0 Å². The van der Waals surface area contributed by atoms with E-state index in [-0.39, 0.29) is 11.6 Å². The normalized spacial score (nSPS) is 11.1. The molecule has 0 aliphatic rings. The SMILES string of the molecule is CSc1cccc(NC(=O)C(=Cc2cccc([N+](=O)[O-])c2)c2ccccc2)c1. The minimum Gasteiger partial charge on any atom is -0.322 e. The van der Waals surface area contributed by atoms with Crippen molar-refractivity contribution in [1.29, 1.82) is 0 Å². The second-order valence-corrected chi connectivity index (χ2v) is 6.84. The maximum absolute atomic E-state index is 13.0. The molecule has 0 saturated carbocycles. The Kier molecular flexibility index (Phi) is 6.24. The standard InChI is InChI=1S/C22H18N2O3S/c1-28-20-12-6-10-18(15-20)23-22(25)21(17-8-3-2-4-9-17)14-16-7-5-11-19(13-16)24(26)27/h2-15H,1H3,(H,23,25). The van der Waals surface area contributed by atoms with Crippen molar-refractivity contribution in [2.75, 3.05) is 11.6 Å². The number of anilines is 1. The van der Waals surface area contributed by atoms with E-state index in [4.69, 9.17) is 0 Å². The van der Waals surface area contributed by atoms with Crippen LogP contribution in [0.4, 0.5) is 11.4 Å². The molecule has 3 aromatic rings. The van der Waals surface area contributed by atoms with E-state index in [0.29, 0.717) is 16.8 Å². The number of amides is 1. The predicted octanol–water partition coefficient (Wildman–Crippen LogP) is 5.50. The number of carbonyl (C=O) groups excluding carboxylic acids is 1. The summed E-state index contributed by atoms with van der Waals surface area (Å²) in [5, 5.41) is 14.0. The predicted molar refractivity (Wildman–Crippen MR) is 114 cm³/mol. The highest BCUT2D eigenvalue weighted by Crippen LogP contribution is 2.24. The van der Waals surface area contributed by atoms with Crippen molar-refractivity contribution in [3.8, 4) is 0 Å². The van der Waals surface area contributed by atoms with E-state index in [1.807, 2.05) is 60.9 Å². The summed E-state index contributed by atoms with van der Waals surface area (Å²) >= 11 is 1.59. The van der Waals surface area contributed by atoms with E-state index >= 15 is 0 Å². The van der Waals surface area contributed by atoms with Crippen LogP contribution >= 0.6 is 11.8 Å². The Bertz CT molecular complexity index is 1030. The molecule has 3 rings (SSSR count). The second kappa shape index (κ2) is 9.01. The lowest BCUT2D eigenvalue weighted by Crippen LogP contribution is -2.13. The number of rotatable bonds is 6. The number of nitrogens with zero attached hydrogens (tertiary/aromatic N) is 1. The summed E-state index contributed by atoms with van der Waals surface area (Å²) in [6.45, 7) is 0. The summed E-state index contributed by atoms with van der Waals surface area (Å²) in [7, 11) is 0. The zero-order chi connectivity index (χ0) is 19.9. The highest BCUT2D eigenvalue weighted by molar-refractivity contribution is 7.98. The molecule has 6 heteroatoms. The van der Waals surface area contributed by atoms with Gasteiger partial charge in [0.25, 0.3) is 11.6 Å². The average Bonchev–Trinajstić information content (AvgIpc) is 2.73. The number of nitro benzene ring substituents is 1. The minimum atomic E-state index is -0.451. The summed E-state index contributed by atoms with van der Waals surface area (Å²) in [6, 6.07) is 23.0. The average molecular weight is 390 g/mol. The van der Waals surface area contributed by atoms with Gasteiger partial charge in [0, 0.05) is 28.3 Å². The first kappa shape index (κ1) is 19.4. The number of benzene rings is 3. The molecule has 0 atom stereocenters. The second-order valence-electron chi connectivity index (χ2n) is 5.96. The van der Waals surface area contributed by atoms with E-state index in [1.165, 1.54) is 12.1 Å². The number of carbonyl (C=O) groups is 1. The third kappa shape index (κ3) is 4.86. The Morgan fingerprint density at radius 2 is 1.75 bits per heavy atom. The number of hydrogen-bond donors (Lipinski definition) is 1. The third-order valence-electron chi connectivity index (χ3n) is 4.05. The van der Waals surface area contributed by atoms with Crippen LogP contribution in [-0.2, 0) is 4.79 Å². The van der Waals surface area contributed by atoms with E-state index in [0.717, 1.165) is 10.5 Å². The van der Waals surface area contributed by atoms with Crippen LogP contribution in [0.15, 0.2) is 83.8 Å². The lowest BCUT2D eigenvalue weighted by molar-refractivity contribution is -0.384.